The SMILES string of the molecule is O=C1CCOC(=O)C1Br. The van der Waals surface area contributed by atoms with Gasteiger partial charge in [-0.3, -0.25) is 9.59 Å². The third-order valence-corrected chi connectivity index (χ3v) is 1.97. The van der Waals surface area contributed by atoms with Gasteiger partial charge in [0.25, 0.3) is 0 Å². The molecule has 0 radical (unpaired) electrons. The van der Waals surface area contributed by atoms with Crippen LogP contribution in [0.15, 0.2) is 0 Å². The van der Waals surface area contributed by atoms with E-state index in [9.17, 15) is 9.59 Å². The Hall–Kier alpha value is -0.380. The average molecular weight is 193 g/mol. The largest absolute Gasteiger partial charge is 0.464 e. The van der Waals surface area contributed by atoms with E-state index in [1.54, 1.807) is 0 Å². The lowest BCUT2D eigenvalue weighted by Crippen LogP contribution is -2.32. The fourth-order valence-corrected chi connectivity index (χ4v) is 0.945. The summed E-state index contributed by atoms with van der Waals surface area (Å²) in [6.45, 7) is 0.236. The topological polar surface area (TPSA) is 43.4 Å². The maximum atomic E-state index is 10.7. The highest BCUT2D eigenvalue weighted by Gasteiger charge is 2.28. The first-order chi connectivity index (χ1) is 4.22. The molecule has 1 aliphatic rings. The van der Waals surface area contributed by atoms with Crippen molar-refractivity contribution in [2.45, 2.75) is 11.2 Å². The number of halogens is 1. The van der Waals surface area contributed by atoms with Gasteiger partial charge in [-0.25, -0.2) is 0 Å². The Morgan fingerprint density at radius 2 is 2.22 bits per heavy atom. The predicted octanol–water partition coefficient (Wildman–Crippen LogP) is 0.266. The van der Waals surface area contributed by atoms with E-state index in [-0.39, 0.29) is 12.4 Å². The molecule has 0 spiro atoms. The summed E-state index contributed by atoms with van der Waals surface area (Å²) >= 11 is 2.89. The standard InChI is InChI=1S/C5H5BrO3/c6-4-3(7)1-2-9-5(4)8/h4H,1-2H2. The number of carbonyl (C=O) groups is 2. The molecule has 1 heterocycles. The highest BCUT2D eigenvalue weighted by molar-refractivity contribution is 9.10. The van der Waals surface area contributed by atoms with Gasteiger partial charge in [0, 0.05) is 6.42 Å². The smallest absolute Gasteiger partial charge is 0.327 e. The van der Waals surface area contributed by atoms with Crippen LogP contribution in [0, 0.1) is 0 Å². The van der Waals surface area contributed by atoms with Crippen LogP contribution in [0.25, 0.3) is 0 Å². The number of rotatable bonds is 0. The van der Waals surface area contributed by atoms with Crippen molar-refractivity contribution in [3.63, 3.8) is 0 Å². The number of carbonyl (C=O) groups excluding carboxylic acids is 2. The van der Waals surface area contributed by atoms with E-state index in [1.807, 2.05) is 0 Å². The first-order valence-electron chi connectivity index (χ1n) is 2.55. The van der Waals surface area contributed by atoms with Gasteiger partial charge >= 0.3 is 5.97 Å². The van der Waals surface area contributed by atoms with Crippen LogP contribution < -0.4 is 0 Å². The van der Waals surface area contributed by atoms with Crippen LogP contribution in [-0.2, 0) is 14.3 Å². The minimum atomic E-state index is -0.716. The summed E-state index contributed by atoms with van der Waals surface area (Å²) < 4.78 is 4.55. The summed E-state index contributed by atoms with van der Waals surface area (Å²) in [5.74, 6) is -0.558. The van der Waals surface area contributed by atoms with Crippen LogP contribution in [0.3, 0.4) is 0 Å². The zero-order valence-corrected chi connectivity index (χ0v) is 6.18. The lowest BCUT2D eigenvalue weighted by atomic mass is 10.2. The quantitative estimate of drug-likeness (QED) is 0.315. The van der Waals surface area contributed by atoms with Crippen molar-refractivity contribution in [1.29, 1.82) is 0 Å². The molecule has 50 valence electrons. The normalized spacial score (nSPS) is 27.9. The summed E-state index contributed by atoms with van der Waals surface area (Å²) in [4.78, 5) is 20.5. The zero-order valence-electron chi connectivity index (χ0n) is 4.59. The maximum Gasteiger partial charge on any atom is 0.327 e. The van der Waals surface area contributed by atoms with Crippen molar-refractivity contribution in [3.05, 3.63) is 0 Å². The summed E-state index contributed by atoms with van der Waals surface area (Å²) in [5, 5.41) is 0. The molecule has 3 nitrogen and oxygen atoms in total. The minimum Gasteiger partial charge on any atom is -0.464 e. The predicted molar refractivity (Wildman–Crippen MR) is 33.3 cm³/mol. The molecular formula is C5H5BrO3. The van der Waals surface area contributed by atoms with Crippen molar-refractivity contribution in [2.24, 2.45) is 0 Å². The molecule has 9 heavy (non-hydrogen) atoms. The molecule has 1 unspecified atom stereocenters. The molecule has 0 N–H and O–H groups in total. The van der Waals surface area contributed by atoms with E-state index in [4.69, 9.17) is 0 Å². The lowest BCUT2D eigenvalue weighted by molar-refractivity contribution is -0.149. The number of alkyl halides is 1. The molecule has 0 amide bonds. The number of esters is 1. The number of hydrogen-bond acceptors (Lipinski definition) is 3. The first kappa shape index (κ1) is 6.74. The minimum absolute atomic E-state index is 0.0914. The van der Waals surface area contributed by atoms with Gasteiger partial charge in [-0.15, -0.1) is 0 Å². The molecular weight excluding hydrogens is 188 g/mol. The maximum absolute atomic E-state index is 10.7. The number of cyclic esters (lactones) is 1. The van der Waals surface area contributed by atoms with Crippen LogP contribution in [0.1, 0.15) is 6.42 Å². The Labute approximate surface area is 60.5 Å². The Bertz CT molecular complexity index is 138. The first-order valence-corrected chi connectivity index (χ1v) is 3.47. The third-order valence-electron chi connectivity index (χ3n) is 1.08. The van der Waals surface area contributed by atoms with Gasteiger partial charge in [-0.1, -0.05) is 15.9 Å². The second-order valence-electron chi connectivity index (χ2n) is 1.75. The highest BCUT2D eigenvalue weighted by Crippen LogP contribution is 2.11. The number of Topliss-reactive ketones (excluding diaryl/α,β-unsaturated/α-hetero) is 1. The third kappa shape index (κ3) is 1.30. The lowest BCUT2D eigenvalue weighted by Gasteiger charge is -2.13. The Kier molecular flexibility index (Phi) is 1.85. The Morgan fingerprint density at radius 1 is 1.56 bits per heavy atom. The number of ether oxygens (including phenoxy) is 1. The molecule has 0 aromatic rings. The van der Waals surface area contributed by atoms with Gasteiger partial charge < -0.3 is 4.74 Å². The van der Waals surface area contributed by atoms with Gasteiger partial charge in [0.1, 0.15) is 0 Å². The summed E-state index contributed by atoms with van der Waals surface area (Å²) in [7, 11) is 0. The van der Waals surface area contributed by atoms with Crippen molar-refractivity contribution < 1.29 is 14.3 Å². The molecule has 0 aromatic heterocycles. The molecule has 1 saturated heterocycles. The number of hydrogen-bond donors (Lipinski definition) is 0. The molecule has 1 rings (SSSR count). The van der Waals surface area contributed by atoms with E-state index in [1.165, 1.54) is 0 Å². The van der Waals surface area contributed by atoms with E-state index in [2.05, 4.69) is 20.7 Å². The van der Waals surface area contributed by atoms with Crippen LogP contribution >= 0.6 is 15.9 Å². The highest BCUT2D eigenvalue weighted by atomic mass is 79.9. The van der Waals surface area contributed by atoms with Crippen molar-refractivity contribution in [1.82, 2.24) is 0 Å². The fourth-order valence-electron chi connectivity index (χ4n) is 0.584. The van der Waals surface area contributed by atoms with Crippen LogP contribution in [0.4, 0.5) is 0 Å². The molecule has 4 heteroatoms. The molecule has 1 fully saturated rings. The fraction of sp³-hybridized carbons (Fsp3) is 0.600. The Balaban J connectivity index is 2.62. The molecule has 0 aliphatic carbocycles. The Morgan fingerprint density at radius 3 is 2.67 bits per heavy atom. The summed E-state index contributed by atoms with van der Waals surface area (Å²) in [6.07, 6.45) is 0.335. The molecule has 1 atom stereocenters. The van der Waals surface area contributed by atoms with Crippen molar-refractivity contribution in [3.8, 4) is 0 Å². The van der Waals surface area contributed by atoms with E-state index in [0.717, 1.165) is 0 Å². The van der Waals surface area contributed by atoms with Gasteiger partial charge in [0.05, 0.1) is 6.61 Å². The monoisotopic (exact) mass is 192 g/mol. The molecule has 1 aliphatic heterocycles. The molecule has 0 saturated carbocycles. The van der Waals surface area contributed by atoms with Gasteiger partial charge in [-0.2, -0.15) is 0 Å². The van der Waals surface area contributed by atoms with Crippen molar-refractivity contribution in [2.75, 3.05) is 6.61 Å². The van der Waals surface area contributed by atoms with Crippen LogP contribution in [-0.4, -0.2) is 23.2 Å². The zero-order chi connectivity index (χ0) is 6.85. The average Bonchev–Trinajstić information content (AvgIpc) is 1.83. The van der Waals surface area contributed by atoms with Crippen molar-refractivity contribution >= 4 is 27.7 Å². The molecule has 0 bridgehead atoms. The van der Waals surface area contributed by atoms with Gasteiger partial charge in [0.2, 0.25) is 0 Å². The van der Waals surface area contributed by atoms with Gasteiger partial charge in [-0.05, 0) is 0 Å². The second kappa shape index (κ2) is 2.47. The van der Waals surface area contributed by atoms with Crippen LogP contribution in [0.2, 0.25) is 0 Å². The second-order valence-corrected chi connectivity index (χ2v) is 2.66. The summed E-state index contributed by atoms with van der Waals surface area (Å²) in [6, 6.07) is 0. The molecule has 0 aromatic carbocycles. The van der Waals surface area contributed by atoms with Gasteiger partial charge in [0.15, 0.2) is 10.6 Å². The van der Waals surface area contributed by atoms with E-state index >= 15 is 0 Å². The number of ketones is 1. The van der Waals surface area contributed by atoms with E-state index in [0.29, 0.717) is 6.42 Å². The van der Waals surface area contributed by atoms with E-state index < -0.39 is 10.8 Å². The van der Waals surface area contributed by atoms with Crippen LogP contribution in [0.5, 0.6) is 0 Å². The summed E-state index contributed by atoms with van der Waals surface area (Å²) in [5.41, 5.74) is 0.